The van der Waals surface area contributed by atoms with E-state index in [0.29, 0.717) is 0 Å². The van der Waals surface area contributed by atoms with Gasteiger partial charge in [-0.05, 0) is 11.8 Å². The molecular formula is C9H8N4O4S2. The first-order valence-corrected chi connectivity index (χ1v) is 7.08. The topological polar surface area (TPSA) is 108 Å². The lowest BCUT2D eigenvalue weighted by Gasteiger charge is -2.00. The fourth-order valence-corrected chi connectivity index (χ4v) is 3.01. The van der Waals surface area contributed by atoms with Crippen LogP contribution in [0.1, 0.15) is 17.8 Å². The van der Waals surface area contributed by atoms with Crippen molar-refractivity contribution in [2.45, 2.75) is 13.5 Å². The molecule has 19 heavy (non-hydrogen) atoms. The van der Waals surface area contributed by atoms with Crippen molar-refractivity contribution in [3.05, 3.63) is 38.7 Å². The van der Waals surface area contributed by atoms with Crippen LogP contribution < -0.4 is 0 Å². The van der Waals surface area contributed by atoms with Gasteiger partial charge in [0.05, 0.1) is 6.54 Å². The zero-order chi connectivity index (χ0) is 14.0. The van der Waals surface area contributed by atoms with Crippen LogP contribution in [0.3, 0.4) is 0 Å². The van der Waals surface area contributed by atoms with Gasteiger partial charge in [-0.1, -0.05) is 0 Å². The van der Waals surface area contributed by atoms with Crippen molar-refractivity contribution in [3.8, 4) is 0 Å². The van der Waals surface area contributed by atoms with Crippen molar-refractivity contribution >= 4 is 32.3 Å². The number of nitro groups is 1. The molecule has 0 atom stereocenters. The second-order valence-corrected chi connectivity index (χ2v) is 5.11. The number of aromatic nitrogens is 3. The SMILES string of the molecule is CCn1c([N+](=O)[O-])cnc1C(c1nccs1)=S(=O)=O. The van der Waals surface area contributed by atoms with Crippen molar-refractivity contribution in [2.24, 2.45) is 0 Å². The Morgan fingerprint density at radius 2 is 2.26 bits per heavy atom. The first-order chi connectivity index (χ1) is 9.06. The van der Waals surface area contributed by atoms with Crippen LogP contribution >= 0.6 is 11.3 Å². The largest absolute Gasteiger partial charge is 0.358 e. The molecule has 0 aliphatic heterocycles. The van der Waals surface area contributed by atoms with Crippen LogP contribution in [0.4, 0.5) is 5.82 Å². The van der Waals surface area contributed by atoms with E-state index in [1.807, 2.05) is 0 Å². The van der Waals surface area contributed by atoms with Crippen molar-refractivity contribution in [3.63, 3.8) is 0 Å². The zero-order valence-electron chi connectivity index (χ0n) is 9.68. The van der Waals surface area contributed by atoms with Crippen LogP contribution in [0.15, 0.2) is 17.8 Å². The molecule has 0 aliphatic rings. The van der Waals surface area contributed by atoms with Gasteiger partial charge in [-0.25, -0.2) is 14.5 Å². The van der Waals surface area contributed by atoms with Crippen LogP contribution in [0, 0.1) is 10.1 Å². The average Bonchev–Trinajstić information content (AvgIpc) is 2.98. The molecule has 2 aromatic heterocycles. The number of thiazole rings is 1. The third kappa shape index (κ3) is 2.39. The molecule has 10 heteroatoms. The number of rotatable bonds is 4. The molecule has 0 saturated carbocycles. The molecule has 0 fully saturated rings. The lowest BCUT2D eigenvalue weighted by atomic mass is 10.4. The fraction of sp³-hybridized carbons (Fsp3) is 0.222. The summed E-state index contributed by atoms with van der Waals surface area (Å²) >= 11 is 1.13. The minimum atomic E-state index is -2.59. The molecule has 0 amide bonds. The molecule has 0 unspecified atom stereocenters. The van der Waals surface area contributed by atoms with Crippen LogP contribution in [0.5, 0.6) is 0 Å². The number of hydrogen-bond acceptors (Lipinski definition) is 7. The zero-order valence-corrected chi connectivity index (χ0v) is 11.3. The maximum absolute atomic E-state index is 11.4. The van der Waals surface area contributed by atoms with E-state index in [4.69, 9.17) is 0 Å². The lowest BCUT2D eigenvalue weighted by Crippen LogP contribution is -2.14. The van der Waals surface area contributed by atoms with Gasteiger partial charge >= 0.3 is 5.82 Å². The van der Waals surface area contributed by atoms with Gasteiger partial charge < -0.3 is 10.1 Å². The Balaban J connectivity index is 2.71. The van der Waals surface area contributed by atoms with Crippen LogP contribution in [-0.4, -0.2) is 32.7 Å². The Hall–Kier alpha value is -2.07. The predicted molar refractivity (Wildman–Crippen MR) is 68.8 cm³/mol. The van der Waals surface area contributed by atoms with Gasteiger partial charge in [0.2, 0.25) is 16.1 Å². The Labute approximate surface area is 113 Å². The summed E-state index contributed by atoms with van der Waals surface area (Å²) in [7, 11) is -2.59. The van der Waals surface area contributed by atoms with E-state index in [-0.39, 0.29) is 28.1 Å². The normalized spacial score (nSPS) is 10.4. The molecule has 0 saturated heterocycles. The Kier molecular flexibility index (Phi) is 3.71. The molecule has 8 nitrogen and oxygen atoms in total. The van der Waals surface area contributed by atoms with Gasteiger partial charge in [0.15, 0.2) is 4.86 Å². The van der Waals surface area contributed by atoms with Crippen LogP contribution in [0.25, 0.3) is 0 Å². The monoisotopic (exact) mass is 300 g/mol. The quantitative estimate of drug-likeness (QED) is 0.356. The summed E-state index contributed by atoms with van der Waals surface area (Å²) < 4.78 is 23.9. The Morgan fingerprint density at radius 3 is 2.74 bits per heavy atom. The van der Waals surface area contributed by atoms with Crippen molar-refractivity contribution in [1.29, 1.82) is 0 Å². The van der Waals surface area contributed by atoms with Gasteiger partial charge in [0.1, 0.15) is 11.2 Å². The van der Waals surface area contributed by atoms with E-state index >= 15 is 0 Å². The van der Waals surface area contributed by atoms with Gasteiger partial charge in [0, 0.05) is 11.6 Å². The van der Waals surface area contributed by atoms with Gasteiger partial charge in [0.25, 0.3) is 0 Å². The van der Waals surface area contributed by atoms with E-state index < -0.39 is 15.2 Å². The lowest BCUT2D eigenvalue weighted by molar-refractivity contribution is -0.392. The molecule has 0 bridgehead atoms. The summed E-state index contributed by atoms with van der Waals surface area (Å²) in [5.74, 6) is -0.227. The number of nitrogens with zero attached hydrogens (tertiary/aromatic N) is 4. The predicted octanol–water partition coefficient (Wildman–Crippen LogP) is 0.716. The summed E-state index contributed by atoms with van der Waals surface area (Å²) in [6, 6.07) is 0. The summed E-state index contributed by atoms with van der Waals surface area (Å²) in [4.78, 5) is 17.9. The molecule has 100 valence electrons. The first kappa shape index (κ1) is 13.4. The van der Waals surface area contributed by atoms with Crippen LogP contribution in [-0.2, 0) is 16.8 Å². The third-order valence-electron chi connectivity index (χ3n) is 2.33. The second kappa shape index (κ2) is 5.28. The maximum Gasteiger partial charge on any atom is 0.343 e. The average molecular weight is 300 g/mol. The number of imidazole rings is 1. The van der Waals surface area contributed by atoms with E-state index in [1.165, 1.54) is 10.8 Å². The van der Waals surface area contributed by atoms with Crippen LogP contribution in [0.2, 0.25) is 0 Å². The molecule has 2 rings (SSSR count). The standard InChI is InChI=1S/C9H8N4O4S2/c1-2-12-6(13(14)15)5-11-8(12)7(19(16)17)9-10-3-4-18-9/h3-5H,2H2,1H3. The fourth-order valence-electron chi connectivity index (χ4n) is 1.58. The molecular weight excluding hydrogens is 292 g/mol. The van der Waals surface area contributed by atoms with Crippen molar-refractivity contribution in [1.82, 2.24) is 14.5 Å². The molecule has 2 aromatic rings. The van der Waals surface area contributed by atoms with Gasteiger partial charge in [-0.2, -0.15) is 8.42 Å². The van der Waals surface area contributed by atoms with E-state index in [9.17, 15) is 18.5 Å². The smallest absolute Gasteiger partial charge is 0.343 e. The summed E-state index contributed by atoms with van der Waals surface area (Å²) in [5.41, 5.74) is 0. The highest BCUT2D eigenvalue weighted by Gasteiger charge is 2.26. The van der Waals surface area contributed by atoms with Gasteiger partial charge in [-0.3, -0.25) is 0 Å². The van der Waals surface area contributed by atoms with Gasteiger partial charge in [-0.15, -0.1) is 11.3 Å². The Morgan fingerprint density at radius 1 is 1.53 bits per heavy atom. The molecule has 0 aliphatic carbocycles. The molecule has 0 spiro atoms. The molecule has 0 aromatic carbocycles. The highest BCUT2D eigenvalue weighted by Crippen LogP contribution is 2.18. The highest BCUT2D eigenvalue weighted by atomic mass is 32.2. The summed E-state index contributed by atoms with van der Waals surface area (Å²) in [5, 5.41) is 12.7. The van der Waals surface area contributed by atoms with Crippen molar-refractivity contribution < 1.29 is 13.3 Å². The van der Waals surface area contributed by atoms with E-state index in [1.54, 1.807) is 12.3 Å². The second-order valence-electron chi connectivity index (χ2n) is 3.34. The summed E-state index contributed by atoms with van der Waals surface area (Å²) in [6.07, 6.45) is 2.50. The minimum absolute atomic E-state index is 0.0254. The Bertz CT molecular complexity index is 737. The van der Waals surface area contributed by atoms with E-state index in [2.05, 4.69) is 9.97 Å². The summed E-state index contributed by atoms with van der Waals surface area (Å²) in [6.45, 7) is 1.91. The first-order valence-electron chi connectivity index (χ1n) is 5.12. The van der Waals surface area contributed by atoms with E-state index in [0.717, 1.165) is 17.5 Å². The molecule has 0 radical (unpaired) electrons. The minimum Gasteiger partial charge on any atom is -0.358 e. The van der Waals surface area contributed by atoms with Crippen molar-refractivity contribution in [2.75, 3.05) is 0 Å². The molecule has 2 heterocycles. The maximum atomic E-state index is 11.4. The highest BCUT2D eigenvalue weighted by molar-refractivity contribution is 7.74. The molecule has 0 N–H and O–H groups in total. The number of hydrogen-bond donors (Lipinski definition) is 0. The third-order valence-corrected chi connectivity index (χ3v) is 3.96.